The zero-order valence-corrected chi connectivity index (χ0v) is 25.0. The van der Waals surface area contributed by atoms with Gasteiger partial charge in [0.2, 0.25) is 0 Å². The van der Waals surface area contributed by atoms with Crippen LogP contribution in [0.1, 0.15) is 0 Å². The van der Waals surface area contributed by atoms with Gasteiger partial charge in [-0.05, 0) is 65.7 Å². The highest BCUT2D eigenvalue weighted by Crippen LogP contribution is 2.43. The predicted molar refractivity (Wildman–Crippen MR) is 191 cm³/mol. The van der Waals surface area contributed by atoms with Crippen molar-refractivity contribution in [3.05, 3.63) is 152 Å². The van der Waals surface area contributed by atoms with E-state index in [1.54, 1.807) is 0 Å². The first kappa shape index (κ1) is 24.7. The molecule has 4 heteroatoms. The van der Waals surface area contributed by atoms with Crippen LogP contribution in [0, 0.1) is 0 Å². The number of rotatable bonds is 3. The molecule has 4 heterocycles. The fraction of sp³-hybridized carbons (Fsp3) is 0. The average Bonchev–Trinajstić information content (AvgIpc) is 3.76. The first-order valence-corrected chi connectivity index (χ1v) is 16.0. The molecule has 4 aromatic heterocycles. The van der Waals surface area contributed by atoms with E-state index in [0.29, 0.717) is 0 Å². The SMILES string of the molecule is c1cc(-c2cccc(-n3c4ncccc4c4ccc5c6ccccc6sc5c43)c2)cc(-n2c3ccccc3c3ccccc32)c1. The summed E-state index contributed by atoms with van der Waals surface area (Å²) in [4.78, 5) is 4.93. The molecule has 0 fully saturated rings. The summed E-state index contributed by atoms with van der Waals surface area (Å²) in [6, 6.07) is 52.7. The molecule has 0 saturated heterocycles. The highest BCUT2D eigenvalue weighted by molar-refractivity contribution is 7.26. The summed E-state index contributed by atoms with van der Waals surface area (Å²) in [5.74, 6) is 0. The second-order valence-corrected chi connectivity index (χ2v) is 12.7. The normalized spacial score (nSPS) is 12.0. The van der Waals surface area contributed by atoms with Gasteiger partial charge in [-0.3, -0.25) is 4.57 Å². The van der Waals surface area contributed by atoms with E-state index in [4.69, 9.17) is 4.98 Å². The predicted octanol–water partition coefficient (Wildman–Crippen LogP) is 11.3. The van der Waals surface area contributed by atoms with E-state index in [0.717, 1.165) is 17.0 Å². The van der Waals surface area contributed by atoms with Crippen LogP contribution in [-0.2, 0) is 0 Å². The topological polar surface area (TPSA) is 22.8 Å². The Morgan fingerprint density at radius 1 is 0.444 bits per heavy atom. The number of para-hydroxylation sites is 2. The van der Waals surface area contributed by atoms with E-state index in [2.05, 4.69) is 149 Å². The number of thiophene rings is 1. The largest absolute Gasteiger partial charge is 0.309 e. The Bertz CT molecular complexity index is 2720. The third-order valence-corrected chi connectivity index (χ3v) is 10.3. The van der Waals surface area contributed by atoms with Crippen LogP contribution in [-0.4, -0.2) is 14.1 Å². The quantitative estimate of drug-likeness (QED) is 0.200. The lowest BCUT2D eigenvalue weighted by molar-refractivity contribution is 1.14. The lowest BCUT2D eigenvalue weighted by Crippen LogP contribution is -1.97. The molecule has 0 aliphatic rings. The van der Waals surface area contributed by atoms with Gasteiger partial charge < -0.3 is 4.57 Å². The molecule has 10 rings (SSSR count). The molecule has 0 bridgehead atoms. The summed E-state index contributed by atoms with van der Waals surface area (Å²) in [5.41, 5.74) is 9.24. The smallest absolute Gasteiger partial charge is 0.145 e. The van der Waals surface area contributed by atoms with Crippen LogP contribution in [0.2, 0.25) is 0 Å². The summed E-state index contributed by atoms with van der Waals surface area (Å²) in [6.45, 7) is 0. The Kier molecular flexibility index (Phi) is 5.16. The minimum absolute atomic E-state index is 0.980. The van der Waals surface area contributed by atoms with E-state index in [1.165, 1.54) is 69.4 Å². The van der Waals surface area contributed by atoms with Crippen LogP contribution in [0.25, 0.3) is 86.4 Å². The third-order valence-electron chi connectivity index (χ3n) is 9.16. The maximum atomic E-state index is 4.93. The van der Waals surface area contributed by atoms with E-state index in [9.17, 15) is 0 Å². The van der Waals surface area contributed by atoms with Gasteiger partial charge in [0.15, 0.2) is 0 Å². The Morgan fingerprint density at radius 3 is 1.78 bits per heavy atom. The van der Waals surface area contributed by atoms with Gasteiger partial charge in [-0.2, -0.15) is 0 Å². The third kappa shape index (κ3) is 3.54. The van der Waals surface area contributed by atoms with Crippen LogP contribution < -0.4 is 0 Å². The zero-order chi connectivity index (χ0) is 29.5. The molecule has 0 aliphatic carbocycles. The molecule has 0 amide bonds. The molecule has 0 atom stereocenters. The molecule has 0 aliphatic heterocycles. The summed E-state index contributed by atoms with van der Waals surface area (Å²) >= 11 is 1.87. The Morgan fingerprint density at radius 2 is 1.04 bits per heavy atom. The van der Waals surface area contributed by atoms with E-state index < -0.39 is 0 Å². The fourth-order valence-electron chi connectivity index (χ4n) is 7.21. The van der Waals surface area contributed by atoms with Gasteiger partial charge in [0.25, 0.3) is 0 Å². The molecule has 0 spiro atoms. The molecule has 3 nitrogen and oxygen atoms in total. The van der Waals surface area contributed by atoms with Crippen LogP contribution in [0.15, 0.2) is 152 Å². The first-order chi connectivity index (χ1) is 22.3. The molecule has 45 heavy (non-hydrogen) atoms. The standard InChI is InChI=1S/C41H25N3S/c1-4-18-36-30(14-1)31-15-2-5-19-37(31)43(36)28-12-7-10-26(24-28)27-11-8-13-29(25-27)44-39-33(35-17-9-23-42-41(35)44)21-22-34-32-16-3-6-20-38(32)45-40(34)39/h1-25H. The number of hydrogen-bond donors (Lipinski definition) is 0. The number of nitrogens with zero attached hydrogens (tertiary/aromatic N) is 3. The monoisotopic (exact) mass is 591 g/mol. The molecule has 10 aromatic rings. The van der Waals surface area contributed by atoms with Gasteiger partial charge in [0.05, 0.1) is 21.3 Å². The number of hydrogen-bond acceptors (Lipinski definition) is 2. The Balaban J connectivity index is 1.20. The second kappa shape index (κ2) is 9.39. The molecule has 0 saturated carbocycles. The molecule has 0 N–H and O–H groups in total. The van der Waals surface area contributed by atoms with Crippen molar-refractivity contribution in [2.45, 2.75) is 0 Å². The lowest BCUT2D eigenvalue weighted by atomic mass is 10.0. The van der Waals surface area contributed by atoms with Gasteiger partial charge in [-0.15, -0.1) is 11.3 Å². The zero-order valence-electron chi connectivity index (χ0n) is 24.2. The molecule has 0 unspecified atom stereocenters. The molecule has 210 valence electrons. The minimum atomic E-state index is 0.980. The van der Waals surface area contributed by atoms with Crippen molar-refractivity contribution in [3.63, 3.8) is 0 Å². The van der Waals surface area contributed by atoms with Crippen LogP contribution >= 0.6 is 11.3 Å². The highest BCUT2D eigenvalue weighted by atomic mass is 32.1. The maximum absolute atomic E-state index is 4.93. The molecular weight excluding hydrogens is 567 g/mol. The number of aromatic nitrogens is 3. The second-order valence-electron chi connectivity index (χ2n) is 11.6. The first-order valence-electron chi connectivity index (χ1n) is 15.2. The number of pyridine rings is 1. The highest BCUT2D eigenvalue weighted by Gasteiger charge is 2.19. The summed E-state index contributed by atoms with van der Waals surface area (Å²) in [5, 5.41) is 7.54. The molecule has 0 radical (unpaired) electrons. The van der Waals surface area contributed by atoms with Crippen LogP contribution in [0.4, 0.5) is 0 Å². The van der Waals surface area contributed by atoms with E-state index in [1.807, 2.05) is 23.6 Å². The molecular formula is C41H25N3S. The Labute approximate surface area is 262 Å². The van der Waals surface area contributed by atoms with Crippen molar-refractivity contribution in [2.75, 3.05) is 0 Å². The van der Waals surface area contributed by atoms with Crippen molar-refractivity contribution in [3.8, 4) is 22.5 Å². The van der Waals surface area contributed by atoms with Crippen LogP contribution in [0.3, 0.4) is 0 Å². The van der Waals surface area contributed by atoms with E-state index >= 15 is 0 Å². The van der Waals surface area contributed by atoms with Crippen LogP contribution in [0.5, 0.6) is 0 Å². The fourth-order valence-corrected chi connectivity index (χ4v) is 8.45. The van der Waals surface area contributed by atoms with Crippen molar-refractivity contribution < 1.29 is 0 Å². The van der Waals surface area contributed by atoms with Gasteiger partial charge >= 0.3 is 0 Å². The Hall–Kier alpha value is -5.71. The van der Waals surface area contributed by atoms with E-state index in [-0.39, 0.29) is 0 Å². The van der Waals surface area contributed by atoms with Gasteiger partial charge in [0, 0.05) is 54.6 Å². The minimum Gasteiger partial charge on any atom is -0.309 e. The number of benzene rings is 6. The summed E-state index contributed by atoms with van der Waals surface area (Å²) < 4.78 is 7.35. The van der Waals surface area contributed by atoms with Crippen molar-refractivity contribution >= 4 is 75.3 Å². The average molecular weight is 592 g/mol. The van der Waals surface area contributed by atoms with Gasteiger partial charge in [-0.25, -0.2) is 4.98 Å². The van der Waals surface area contributed by atoms with Crippen molar-refractivity contribution in [1.82, 2.24) is 14.1 Å². The summed E-state index contributed by atoms with van der Waals surface area (Å²) in [6.07, 6.45) is 1.90. The maximum Gasteiger partial charge on any atom is 0.145 e. The lowest BCUT2D eigenvalue weighted by Gasteiger charge is -2.12. The van der Waals surface area contributed by atoms with Crippen molar-refractivity contribution in [1.29, 1.82) is 0 Å². The van der Waals surface area contributed by atoms with Gasteiger partial charge in [-0.1, -0.05) is 91.0 Å². The molecule has 6 aromatic carbocycles. The van der Waals surface area contributed by atoms with Crippen molar-refractivity contribution in [2.24, 2.45) is 0 Å². The summed E-state index contributed by atoms with van der Waals surface area (Å²) in [7, 11) is 0. The van der Waals surface area contributed by atoms with Gasteiger partial charge in [0.1, 0.15) is 5.65 Å². The number of fused-ring (bicyclic) bond motifs is 10.